The van der Waals surface area contributed by atoms with E-state index >= 15 is 0 Å². The number of carbonyl (C=O) groups excluding carboxylic acids is 2. The second-order valence-electron chi connectivity index (χ2n) is 6.91. The van der Waals surface area contributed by atoms with E-state index in [4.69, 9.17) is 4.42 Å². The van der Waals surface area contributed by atoms with Gasteiger partial charge in [-0.3, -0.25) is 14.6 Å². The molecule has 0 N–H and O–H groups in total. The van der Waals surface area contributed by atoms with E-state index in [9.17, 15) is 9.59 Å². The lowest BCUT2D eigenvalue weighted by atomic mass is 10.1. The Bertz CT molecular complexity index is 1000. The van der Waals surface area contributed by atoms with Gasteiger partial charge in [0, 0.05) is 31.6 Å². The molecule has 0 unspecified atom stereocenters. The summed E-state index contributed by atoms with van der Waals surface area (Å²) in [4.78, 5) is 33.6. The molecular formula is C21H21N3O3. The fraction of sp³-hybridized carbons (Fsp3) is 0.286. The molecule has 6 heteroatoms. The Kier molecular flexibility index (Phi) is 4.39. The van der Waals surface area contributed by atoms with Crippen LogP contribution in [0.15, 0.2) is 47.3 Å². The predicted molar refractivity (Wildman–Crippen MR) is 102 cm³/mol. The van der Waals surface area contributed by atoms with Gasteiger partial charge < -0.3 is 14.2 Å². The molecule has 1 aliphatic heterocycles. The Morgan fingerprint density at radius 3 is 2.33 bits per heavy atom. The molecule has 2 amide bonds. The number of nitrogens with zero attached hydrogens (tertiary/aromatic N) is 3. The van der Waals surface area contributed by atoms with Crippen molar-refractivity contribution in [1.29, 1.82) is 0 Å². The van der Waals surface area contributed by atoms with Gasteiger partial charge in [-0.25, -0.2) is 0 Å². The van der Waals surface area contributed by atoms with Crippen LogP contribution in [0.25, 0.3) is 10.9 Å². The maximum Gasteiger partial charge on any atom is 0.257 e. The number of piperazine rings is 1. The van der Waals surface area contributed by atoms with Gasteiger partial charge in [-0.2, -0.15) is 0 Å². The van der Waals surface area contributed by atoms with Crippen LogP contribution in [0.2, 0.25) is 0 Å². The lowest BCUT2D eigenvalue weighted by Crippen LogP contribution is -2.50. The predicted octanol–water partition coefficient (Wildman–Crippen LogP) is 3.04. The normalized spacial score (nSPS) is 14.6. The first-order valence-electron chi connectivity index (χ1n) is 9.02. The summed E-state index contributed by atoms with van der Waals surface area (Å²) >= 11 is 0. The van der Waals surface area contributed by atoms with Gasteiger partial charge in [0.15, 0.2) is 0 Å². The van der Waals surface area contributed by atoms with E-state index in [1.54, 1.807) is 15.9 Å². The number of hydrogen-bond acceptors (Lipinski definition) is 4. The van der Waals surface area contributed by atoms with Crippen molar-refractivity contribution in [2.24, 2.45) is 0 Å². The molecular weight excluding hydrogens is 342 g/mol. The van der Waals surface area contributed by atoms with E-state index in [2.05, 4.69) is 4.98 Å². The first-order valence-corrected chi connectivity index (χ1v) is 9.02. The lowest BCUT2D eigenvalue weighted by molar-refractivity contribution is 0.0534. The molecule has 138 valence electrons. The number of aryl methyl sites for hydroxylation is 2. The van der Waals surface area contributed by atoms with Crippen LogP contribution in [0.1, 0.15) is 32.0 Å². The third-order valence-corrected chi connectivity index (χ3v) is 5.01. The number of aromatic nitrogens is 1. The average Bonchev–Trinajstić information content (AvgIpc) is 3.21. The van der Waals surface area contributed by atoms with Gasteiger partial charge in [0.1, 0.15) is 6.26 Å². The highest BCUT2D eigenvalue weighted by Gasteiger charge is 2.27. The minimum atomic E-state index is -0.0603. The van der Waals surface area contributed by atoms with Crippen molar-refractivity contribution in [3.8, 4) is 0 Å². The molecule has 2 aromatic heterocycles. The molecule has 1 aliphatic rings. The van der Waals surface area contributed by atoms with Crippen LogP contribution in [-0.2, 0) is 0 Å². The Hall–Kier alpha value is -3.15. The quantitative estimate of drug-likeness (QED) is 0.702. The van der Waals surface area contributed by atoms with Gasteiger partial charge >= 0.3 is 0 Å². The van der Waals surface area contributed by atoms with Crippen LogP contribution in [0, 0.1) is 13.8 Å². The third kappa shape index (κ3) is 3.30. The first-order chi connectivity index (χ1) is 13.0. The number of fused-ring (bicyclic) bond motifs is 1. The Morgan fingerprint density at radius 2 is 1.67 bits per heavy atom. The summed E-state index contributed by atoms with van der Waals surface area (Å²) in [5.74, 6) is -0.0892. The maximum absolute atomic E-state index is 13.0. The molecule has 1 saturated heterocycles. The number of rotatable bonds is 2. The molecule has 1 fully saturated rings. The van der Waals surface area contributed by atoms with E-state index in [0.29, 0.717) is 37.3 Å². The summed E-state index contributed by atoms with van der Waals surface area (Å²) in [6.07, 6.45) is 2.94. The minimum Gasteiger partial charge on any atom is -0.472 e. The van der Waals surface area contributed by atoms with Crippen molar-refractivity contribution < 1.29 is 14.0 Å². The van der Waals surface area contributed by atoms with Gasteiger partial charge in [0.25, 0.3) is 11.8 Å². The summed E-state index contributed by atoms with van der Waals surface area (Å²) < 4.78 is 4.98. The van der Waals surface area contributed by atoms with Crippen LogP contribution in [0.5, 0.6) is 0 Å². The Balaban J connectivity index is 1.50. The van der Waals surface area contributed by atoms with Crippen molar-refractivity contribution in [2.75, 3.05) is 26.2 Å². The van der Waals surface area contributed by atoms with Gasteiger partial charge in [-0.15, -0.1) is 0 Å². The fourth-order valence-corrected chi connectivity index (χ4v) is 3.46. The average molecular weight is 363 g/mol. The Morgan fingerprint density at radius 1 is 0.963 bits per heavy atom. The van der Waals surface area contributed by atoms with E-state index in [-0.39, 0.29) is 11.8 Å². The number of benzene rings is 1. The second-order valence-corrected chi connectivity index (χ2v) is 6.91. The zero-order chi connectivity index (χ0) is 19.0. The molecule has 0 saturated carbocycles. The van der Waals surface area contributed by atoms with Crippen molar-refractivity contribution >= 4 is 22.7 Å². The monoisotopic (exact) mass is 363 g/mol. The van der Waals surface area contributed by atoms with Gasteiger partial charge in [0.2, 0.25) is 0 Å². The molecule has 6 nitrogen and oxygen atoms in total. The van der Waals surface area contributed by atoms with Gasteiger partial charge in [-0.05, 0) is 38.1 Å². The van der Waals surface area contributed by atoms with Gasteiger partial charge in [-0.1, -0.05) is 11.6 Å². The van der Waals surface area contributed by atoms with E-state index in [0.717, 1.165) is 22.2 Å². The van der Waals surface area contributed by atoms with E-state index in [1.807, 2.05) is 38.1 Å². The standard InChI is InChI=1S/C21H21N3O3/c1-14-3-4-19-17(11-14)12-18(15(2)22-19)21(26)24-8-6-23(7-9-24)20(25)16-5-10-27-13-16/h3-5,10-13H,6-9H2,1-2H3. The van der Waals surface area contributed by atoms with Crippen molar-refractivity contribution in [1.82, 2.24) is 14.8 Å². The van der Waals surface area contributed by atoms with Crippen LogP contribution in [0.3, 0.4) is 0 Å². The largest absolute Gasteiger partial charge is 0.472 e. The first kappa shape index (κ1) is 17.3. The molecule has 0 atom stereocenters. The highest BCUT2D eigenvalue weighted by molar-refractivity contribution is 5.99. The van der Waals surface area contributed by atoms with Gasteiger partial charge in [0.05, 0.1) is 28.6 Å². The SMILES string of the molecule is Cc1ccc2nc(C)c(C(=O)N3CCN(C(=O)c4ccoc4)CC3)cc2c1. The van der Waals surface area contributed by atoms with E-state index < -0.39 is 0 Å². The van der Waals surface area contributed by atoms with Crippen LogP contribution in [-0.4, -0.2) is 52.8 Å². The lowest BCUT2D eigenvalue weighted by Gasteiger charge is -2.34. The summed E-state index contributed by atoms with van der Waals surface area (Å²) in [7, 11) is 0. The molecule has 3 heterocycles. The number of amides is 2. The molecule has 0 bridgehead atoms. The fourth-order valence-electron chi connectivity index (χ4n) is 3.46. The van der Waals surface area contributed by atoms with Crippen molar-refractivity contribution in [2.45, 2.75) is 13.8 Å². The topological polar surface area (TPSA) is 66.7 Å². The molecule has 27 heavy (non-hydrogen) atoms. The Labute approximate surface area is 157 Å². The third-order valence-electron chi connectivity index (χ3n) is 5.01. The van der Waals surface area contributed by atoms with Crippen molar-refractivity contribution in [3.05, 3.63) is 65.2 Å². The molecule has 4 rings (SSSR count). The zero-order valence-corrected chi connectivity index (χ0v) is 15.4. The number of furan rings is 1. The molecule has 0 radical (unpaired) electrons. The van der Waals surface area contributed by atoms with E-state index in [1.165, 1.54) is 12.5 Å². The summed E-state index contributed by atoms with van der Waals surface area (Å²) in [5.41, 5.74) is 3.93. The maximum atomic E-state index is 13.0. The number of carbonyl (C=O) groups is 2. The number of pyridine rings is 1. The van der Waals surface area contributed by atoms with Crippen molar-refractivity contribution in [3.63, 3.8) is 0 Å². The summed E-state index contributed by atoms with van der Waals surface area (Å²) in [5, 5.41) is 0.970. The van der Waals surface area contributed by atoms with Crippen LogP contribution < -0.4 is 0 Å². The highest BCUT2D eigenvalue weighted by atomic mass is 16.3. The zero-order valence-electron chi connectivity index (χ0n) is 15.4. The summed E-state index contributed by atoms with van der Waals surface area (Å²) in [6, 6.07) is 9.63. The molecule has 1 aromatic carbocycles. The smallest absolute Gasteiger partial charge is 0.257 e. The van der Waals surface area contributed by atoms with Crippen LogP contribution in [0.4, 0.5) is 0 Å². The molecule has 0 aliphatic carbocycles. The number of hydrogen-bond donors (Lipinski definition) is 0. The molecule has 3 aromatic rings. The summed E-state index contributed by atoms with van der Waals surface area (Å²) in [6.45, 7) is 5.92. The van der Waals surface area contributed by atoms with Crippen LogP contribution >= 0.6 is 0 Å². The highest BCUT2D eigenvalue weighted by Crippen LogP contribution is 2.20. The second kappa shape index (κ2) is 6.87. The minimum absolute atomic E-state index is 0.0289. The molecule has 0 spiro atoms.